The van der Waals surface area contributed by atoms with Gasteiger partial charge in [0.05, 0.1) is 12.8 Å². The number of anilines is 2. The number of nitrogens with zero attached hydrogens (tertiary/aromatic N) is 2. The van der Waals surface area contributed by atoms with E-state index in [2.05, 4.69) is 10.2 Å². The van der Waals surface area contributed by atoms with Crippen LogP contribution in [-0.2, 0) is 9.59 Å². The molecule has 1 aliphatic rings. The fourth-order valence-corrected chi connectivity index (χ4v) is 3.34. The van der Waals surface area contributed by atoms with Crippen molar-refractivity contribution in [1.82, 2.24) is 4.90 Å². The molecule has 0 aromatic heterocycles. The summed E-state index contributed by atoms with van der Waals surface area (Å²) in [6.45, 7) is 5.52. The van der Waals surface area contributed by atoms with E-state index in [0.29, 0.717) is 37.6 Å². The van der Waals surface area contributed by atoms with Gasteiger partial charge in [-0.2, -0.15) is 0 Å². The summed E-state index contributed by atoms with van der Waals surface area (Å²) < 4.78 is 18.4. The van der Waals surface area contributed by atoms with Crippen molar-refractivity contribution < 1.29 is 18.7 Å². The third-order valence-electron chi connectivity index (χ3n) is 5.22. The van der Waals surface area contributed by atoms with Gasteiger partial charge < -0.3 is 19.9 Å². The van der Waals surface area contributed by atoms with E-state index in [1.54, 1.807) is 49.1 Å². The van der Waals surface area contributed by atoms with Crippen molar-refractivity contribution >= 4 is 23.2 Å². The number of para-hydroxylation sites is 2. The number of halogens is 1. The smallest absolute Gasteiger partial charge is 0.239 e. The second kappa shape index (κ2) is 8.51. The molecule has 0 bridgehead atoms. The Balaban J connectivity index is 1.63. The van der Waals surface area contributed by atoms with E-state index in [-0.39, 0.29) is 17.6 Å². The lowest BCUT2D eigenvalue weighted by molar-refractivity contribution is -0.146. The van der Waals surface area contributed by atoms with Gasteiger partial charge in [-0.05, 0) is 50.2 Å². The van der Waals surface area contributed by atoms with Crippen molar-refractivity contribution in [3.63, 3.8) is 0 Å². The van der Waals surface area contributed by atoms with Crippen LogP contribution < -0.4 is 15.0 Å². The number of hydrogen-bond donors (Lipinski definition) is 1. The minimum Gasteiger partial charge on any atom is -0.495 e. The zero-order chi connectivity index (χ0) is 21.0. The highest BCUT2D eigenvalue weighted by atomic mass is 19.1. The molecule has 2 aromatic carbocycles. The van der Waals surface area contributed by atoms with Gasteiger partial charge in [0.2, 0.25) is 11.8 Å². The lowest BCUT2D eigenvalue weighted by atomic mass is 9.89. The predicted octanol–water partition coefficient (Wildman–Crippen LogP) is 3.15. The minimum atomic E-state index is -1.22. The Labute approximate surface area is 170 Å². The molecule has 1 N–H and O–H groups in total. The van der Waals surface area contributed by atoms with Crippen molar-refractivity contribution in [3.8, 4) is 5.75 Å². The normalized spacial score (nSPS) is 14.5. The Morgan fingerprint density at radius 3 is 2.24 bits per heavy atom. The maximum absolute atomic E-state index is 13.1. The summed E-state index contributed by atoms with van der Waals surface area (Å²) in [5, 5.41) is 2.80. The average molecular weight is 399 g/mol. The number of amides is 2. The first-order valence-corrected chi connectivity index (χ1v) is 9.57. The molecule has 6 nitrogen and oxygen atoms in total. The molecule has 3 rings (SSSR count). The number of carbonyl (C=O) groups excluding carboxylic acids is 2. The Bertz CT molecular complexity index is 875. The van der Waals surface area contributed by atoms with E-state index in [1.807, 2.05) is 6.07 Å². The van der Waals surface area contributed by atoms with Crippen molar-refractivity contribution in [2.24, 2.45) is 5.41 Å². The first-order valence-electron chi connectivity index (χ1n) is 9.57. The van der Waals surface area contributed by atoms with E-state index in [0.717, 1.165) is 5.69 Å². The molecular formula is C22H26FN3O3. The quantitative estimate of drug-likeness (QED) is 0.785. The molecule has 1 fully saturated rings. The van der Waals surface area contributed by atoms with Crippen LogP contribution in [0.4, 0.5) is 15.8 Å². The van der Waals surface area contributed by atoms with Crippen molar-refractivity contribution in [2.75, 3.05) is 43.5 Å². The second-order valence-corrected chi connectivity index (χ2v) is 7.54. The van der Waals surface area contributed by atoms with Gasteiger partial charge in [-0.3, -0.25) is 9.59 Å². The third-order valence-corrected chi connectivity index (χ3v) is 5.22. The lowest BCUT2D eigenvalue weighted by Crippen LogP contribution is -2.54. The zero-order valence-electron chi connectivity index (χ0n) is 16.9. The fraction of sp³-hybridized carbons (Fsp3) is 0.364. The van der Waals surface area contributed by atoms with E-state index in [1.165, 1.54) is 19.2 Å². The summed E-state index contributed by atoms with van der Waals surface area (Å²) in [5.74, 6) is -0.334. The maximum Gasteiger partial charge on any atom is 0.239 e. The van der Waals surface area contributed by atoms with Gasteiger partial charge in [-0.25, -0.2) is 4.39 Å². The highest BCUT2D eigenvalue weighted by molar-refractivity contribution is 6.10. The van der Waals surface area contributed by atoms with Crippen LogP contribution in [0.5, 0.6) is 5.75 Å². The molecule has 7 heteroatoms. The molecule has 154 valence electrons. The number of hydrogen-bond acceptors (Lipinski definition) is 4. The van der Waals surface area contributed by atoms with Crippen molar-refractivity contribution in [3.05, 3.63) is 54.3 Å². The summed E-state index contributed by atoms with van der Waals surface area (Å²) in [4.78, 5) is 29.7. The summed E-state index contributed by atoms with van der Waals surface area (Å²) in [6, 6.07) is 13.4. The molecular weight excluding hydrogens is 373 g/mol. The van der Waals surface area contributed by atoms with E-state index in [4.69, 9.17) is 4.74 Å². The van der Waals surface area contributed by atoms with Crippen molar-refractivity contribution in [1.29, 1.82) is 0 Å². The summed E-state index contributed by atoms with van der Waals surface area (Å²) >= 11 is 0. The molecule has 1 aliphatic heterocycles. The molecule has 0 spiro atoms. The number of rotatable bonds is 5. The minimum absolute atomic E-state index is 0.219. The molecule has 0 atom stereocenters. The standard InChI is InChI=1S/C22H26FN3O3/c1-22(2,20(27)24-18-6-4-5-7-19(18)29-3)21(28)26-14-12-25(13-15-26)17-10-8-16(23)9-11-17/h4-11H,12-15H2,1-3H3,(H,24,27). The number of benzene rings is 2. The summed E-state index contributed by atoms with van der Waals surface area (Å²) in [7, 11) is 1.53. The molecule has 0 saturated carbocycles. The fourth-order valence-electron chi connectivity index (χ4n) is 3.34. The molecule has 0 radical (unpaired) electrons. The second-order valence-electron chi connectivity index (χ2n) is 7.54. The summed E-state index contributed by atoms with van der Waals surface area (Å²) in [5.41, 5.74) is 0.229. The molecule has 1 heterocycles. The van der Waals surface area contributed by atoms with Gasteiger partial charge in [-0.15, -0.1) is 0 Å². The maximum atomic E-state index is 13.1. The van der Waals surface area contributed by atoms with E-state index in [9.17, 15) is 14.0 Å². The van der Waals surface area contributed by atoms with Crippen LogP contribution in [-0.4, -0.2) is 50.0 Å². The first-order chi connectivity index (χ1) is 13.8. The number of piperazine rings is 1. The number of nitrogens with one attached hydrogen (secondary N) is 1. The van der Waals surface area contributed by atoms with Crippen molar-refractivity contribution in [2.45, 2.75) is 13.8 Å². The van der Waals surface area contributed by atoms with Crippen LogP contribution in [0, 0.1) is 11.2 Å². The lowest BCUT2D eigenvalue weighted by Gasteiger charge is -2.39. The highest BCUT2D eigenvalue weighted by Crippen LogP contribution is 2.28. The SMILES string of the molecule is COc1ccccc1NC(=O)C(C)(C)C(=O)N1CCN(c2ccc(F)cc2)CC1. The summed E-state index contributed by atoms with van der Waals surface area (Å²) in [6.07, 6.45) is 0. The Morgan fingerprint density at radius 2 is 1.62 bits per heavy atom. The molecule has 2 aromatic rings. The van der Waals surface area contributed by atoms with E-state index < -0.39 is 5.41 Å². The van der Waals surface area contributed by atoms with Gasteiger partial charge in [0.1, 0.15) is 17.0 Å². The number of methoxy groups -OCH3 is 1. The number of ether oxygens (including phenoxy) is 1. The Morgan fingerprint density at radius 1 is 1.00 bits per heavy atom. The van der Waals surface area contributed by atoms with Crippen LogP contribution in [0.2, 0.25) is 0 Å². The van der Waals surface area contributed by atoms with Crippen LogP contribution in [0.3, 0.4) is 0 Å². The van der Waals surface area contributed by atoms with Crippen LogP contribution in [0.15, 0.2) is 48.5 Å². The predicted molar refractivity (Wildman–Crippen MR) is 111 cm³/mol. The monoisotopic (exact) mass is 399 g/mol. The van der Waals surface area contributed by atoms with Gasteiger partial charge in [-0.1, -0.05) is 12.1 Å². The average Bonchev–Trinajstić information content (AvgIpc) is 2.74. The van der Waals surface area contributed by atoms with Gasteiger partial charge in [0.15, 0.2) is 0 Å². The van der Waals surface area contributed by atoms with E-state index >= 15 is 0 Å². The molecule has 2 amide bonds. The van der Waals surface area contributed by atoms with Crippen LogP contribution in [0.25, 0.3) is 0 Å². The third kappa shape index (κ3) is 4.50. The largest absolute Gasteiger partial charge is 0.495 e. The molecule has 1 saturated heterocycles. The highest BCUT2D eigenvalue weighted by Gasteiger charge is 2.40. The molecule has 0 aliphatic carbocycles. The zero-order valence-corrected chi connectivity index (χ0v) is 16.9. The molecule has 0 unspecified atom stereocenters. The van der Waals surface area contributed by atoms with Gasteiger partial charge in [0, 0.05) is 31.9 Å². The molecule has 29 heavy (non-hydrogen) atoms. The Hall–Kier alpha value is -3.09. The first kappa shape index (κ1) is 20.6. The van der Waals surface area contributed by atoms with Gasteiger partial charge >= 0.3 is 0 Å². The topological polar surface area (TPSA) is 61.9 Å². The van der Waals surface area contributed by atoms with Crippen LogP contribution in [0.1, 0.15) is 13.8 Å². The van der Waals surface area contributed by atoms with Crippen LogP contribution >= 0.6 is 0 Å². The Kier molecular flexibility index (Phi) is 6.06. The number of carbonyl (C=O) groups is 2. The van der Waals surface area contributed by atoms with Gasteiger partial charge in [0.25, 0.3) is 0 Å².